The van der Waals surface area contributed by atoms with E-state index in [1.54, 1.807) is 13.8 Å². The van der Waals surface area contributed by atoms with Gasteiger partial charge in [-0.05, 0) is 44.6 Å². The third-order valence-electron chi connectivity index (χ3n) is 6.19. The number of amides is 1. The highest BCUT2D eigenvalue weighted by Gasteiger charge is 2.44. The quantitative estimate of drug-likeness (QED) is 0.570. The van der Waals surface area contributed by atoms with Gasteiger partial charge in [0, 0.05) is 19.1 Å². The number of carbonyl (C=O) groups excluding carboxylic acids is 2. The van der Waals surface area contributed by atoms with Crippen molar-refractivity contribution < 1.29 is 29.0 Å². The summed E-state index contributed by atoms with van der Waals surface area (Å²) >= 11 is 0. The Morgan fingerprint density at radius 1 is 1.23 bits per heavy atom. The van der Waals surface area contributed by atoms with Crippen LogP contribution < -0.4 is 5.32 Å². The van der Waals surface area contributed by atoms with Crippen molar-refractivity contribution in [1.82, 2.24) is 10.2 Å². The van der Waals surface area contributed by atoms with Gasteiger partial charge in [-0.2, -0.15) is 0 Å². The Hall–Kier alpha value is -2.45. The second kappa shape index (κ2) is 10.7. The molecule has 3 unspecified atom stereocenters. The van der Waals surface area contributed by atoms with Crippen molar-refractivity contribution in [2.45, 2.75) is 51.2 Å². The van der Waals surface area contributed by atoms with Crippen LogP contribution in [0.25, 0.3) is 0 Å². The minimum atomic E-state index is -1.00. The van der Waals surface area contributed by atoms with Gasteiger partial charge < -0.3 is 19.5 Å². The number of esters is 1. The Labute approximate surface area is 182 Å². The summed E-state index contributed by atoms with van der Waals surface area (Å²) in [6.07, 6.45) is 1.52. The molecule has 0 bridgehead atoms. The number of piperidine rings is 1. The summed E-state index contributed by atoms with van der Waals surface area (Å²) < 4.78 is 10.7. The molecule has 5 atom stereocenters. The van der Waals surface area contributed by atoms with Crippen molar-refractivity contribution in [3.63, 3.8) is 0 Å². The van der Waals surface area contributed by atoms with Gasteiger partial charge in [-0.15, -0.1) is 0 Å². The van der Waals surface area contributed by atoms with Crippen molar-refractivity contribution in [3.05, 3.63) is 35.9 Å². The maximum absolute atomic E-state index is 13.2. The third kappa shape index (κ3) is 5.83. The number of ether oxygens (including phenoxy) is 2. The lowest BCUT2D eigenvalue weighted by molar-refractivity contribution is -0.155. The number of nitrogens with zero attached hydrogens (tertiary/aromatic N) is 1. The van der Waals surface area contributed by atoms with Gasteiger partial charge in [0.05, 0.1) is 19.3 Å². The topological polar surface area (TPSA) is 105 Å². The first-order valence-corrected chi connectivity index (χ1v) is 11.0. The molecular formula is C23H32N2O6. The minimum absolute atomic E-state index is 0.158. The number of carboxylic acid groups (broad SMARTS) is 1. The molecule has 1 amide bonds. The second-order valence-corrected chi connectivity index (χ2v) is 8.36. The van der Waals surface area contributed by atoms with E-state index in [1.807, 2.05) is 30.3 Å². The van der Waals surface area contributed by atoms with Crippen LogP contribution in [0, 0.1) is 11.8 Å². The summed E-state index contributed by atoms with van der Waals surface area (Å²) in [6.45, 7) is 5.13. The third-order valence-corrected chi connectivity index (χ3v) is 6.19. The zero-order valence-corrected chi connectivity index (χ0v) is 18.2. The van der Waals surface area contributed by atoms with E-state index in [9.17, 15) is 19.5 Å². The predicted molar refractivity (Wildman–Crippen MR) is 113 cm³/mol. The predicted octanol–water partition coefficient (Wildman–Crippen LogP) is 1.48. The molecule has 2 N–H and O–H groups in total. The van der Waals surface area contributed by atoms with E-state index in [0.29, 0.717) is 39.0 Å². The monoisotopic (exact) mass is 432 g/mol. The van der Waals surface area contributed by atoms with Gasteiger partial charge in [-0.3, -0.25) is 14.9 Å². The van der Waals surface area contributed by atoms with Crippen molar-refractivity contribution in [2.75, 3.05) is 26.4 Å². The van der Waals surface area contributed by atoms with Gasteiger partial charge in [0.15, 0.2) is 0 Å². The number of likely N-dealkylation sites (tertiary alicyclic amines) is 1. The largest absolute Gasteiger partial charge is 0.480 e. The molecule has 1 aromatic carbocycles. The van der Waals surface area contributed by atoms with Crippen LogP contribution >= 0.6 is 0 Å². The number of rotatable bonds is 9. The van der Waals surface area contributed by atoms with Gasteiger partial charge in [0.1, 0.15) is 12.1 Å². The number of fused-ring (bicyclic) bond motifs is 1. The van der Waals surface area contributed by atoms with Crippen molar-refractivity contribution in [1.29, 1.82) is 0 Å². The maximum Gasteiger partial charge on any atom is 0.326 e. The van der Waals surface area contributed by atoms with Gasteiger partial charge in [-0.1, -0.05) is 30.3 Å². The lowest BCUT2D eigenvalue weighted by Gasteiger charge is -2.40. The molecule has 0 saturated carbocycles. The lowest BCUT2D eigenvalue weighted by Crippen LogP contribution is -2.59. The maximum atomic E-state index is 13.2. The van der Waals surface area contributed by atoms with Gasteiger partial charge in [0.25, 0.3) is 0 Å². The Balaban J connectivity index is 1.67. The molecule has 2 aliphatic rings. The smallest absolute Gasteiger partial charge is 0.326 e. The number of aryl methyl sites for hydroxylation is 1. The summed E-state index contributed by atoms with van der Waals surface area (Å²) in [7, 11) is 0. The number of carboxylic acids is 1. The molecule has 0 aromatic heterocycles. The summed E-state index contributed by atoms with van der Waals surface area (Å²) in [5.41, 5.74) is 1.09. The molecule has 170 valence electrons. The average molecular weight is 433 g/mol. The number of hydrogen-bond donors (Lipinski definition) is 2. The van der Waals surface area contributed by atoms with E-state index in [4.69, 9.17) is 9.47 Å². The highest BCUT2D eigenvalue weighted by Crippen LogP contribution is 2.33. The first kappa shape index (κ1) is 23.2. The molecule has 2 fully saturated rings. The standard InChI is InChI=1S/C23H32N2O6/c1-3-31-23(29)19(10-9-16-7-5-4-6-8-16)24-15(2)21(26)25-12-18-14-30-13-17(18)11-20(25)22(27)28/h4-8,15,17-20,24H,3,9-14H2,1-2H3,(H,27,28)/t15-,17?,18?,19?,20-/m0/s1. The molecule has 0 radical (unpaired) electrons. The Morgan fingerprint density at radius 3 is 2.61 bits per heavy atom. The van der Waals surface area contributed by atoms with E-state index in [0.717, 1.165) is 5.56 Å². The summed E-state index contributed by atoms with van der Waals surface area (Å²) in [4.78, 5) is 39.0. The van der Waals surface area contributed by atoms with Crippen LogP contribution in [0.4, 0.5) is 0 Å². The Morgan fingerprint density at radius 2 is 1.94 bits per heavy atom. The van der Waals surface area contributed by atoms with Crippen LogP contribution in [0.2, 0.25) is 0 Å². The minimum Gasteiger partial charge on any atom is -0.480 e. The van der Waals surface area contributed by atoms with Gasteiger partial charge in [-0.25, -0.2) is 4.79 Å². The molecule has 2 heterocycles. The number of hydrogen-bond acceptors (Lipinski definition) is 6. The normalized spacial score (nSPS) is 24.8. The van der Waals surface area contributed by atoms with Crippen LogP contribution in [-0.2, 0) is 30.3 Å². The molecule has 1 aromatic rings. The first-order valence-electron chi connectivity index (χ1n) is 11.0. The average Bonchev–Trinajstić information content (AvgIpc) is 3.23. The summed E-state index contributed by atoms with van der Waals surface area (Å²) in [5, 5.41) is 12.8. The Kier molecular flexibility index (Phi) is 8.03. The summed E-state index contributed by atoms with van der Waals surface area (Å²) in [5.74, 6) is -1.39. The lowest BCUT2D eigenvalue weighted by atomic mass is 9.84. The highest BCUT2D eigenvalue weighted by atomic mass is 16.5. The SMILES string of the molecule is CCOC(=O)C(CCc1ccccc1)N[C@@H](C)C(=O)N1CC2COCC2C[C@H]1C(=O)O. The number of benzene rings is 1. The number of nitrogens with one attached hydrogen (secondary N) is 1. The van der Waals surface area contributed by atoms with Crippen molar-refractivity contribution >= 4 is 17.8 Å². The molecule has 0 aliphatic carbocycles. The second-order valence-electron chi connectivity index (χ2n) is 8.36. The molecule has 2 saturated heterocycles. The highest BCUT2D eigenvalue weighted by molar-refractivity contribution is 5.87. The number of aliphatic carboxylic acids is 1. The van der Waals surface area contributed by atoms with E-state index in [1.165, 1.54) is 4.90 Å². The summed E-state index contributed by atoms with van der Waals surface area (Å²) in [6, 6.07) is 7.55. The van der Waals surface area contributed by atoms with Gasteiger partial charge >= 0.3 is 11.9 Å². The van der Waals surface area contributed by atoms with Gasteiger partial charge in [0.2, 0.25) is 5.91 Å². The molecule has 8 nitrogen and oxygen atoms in total. The van der Waals surface area contributed by atoms with Crippen molar-refractivity contribution in [2.24, 2.45) is 11.8 Å². The fourth-order valence-corrected chi connectivity index (χ4v) is 4.47. The zero-order chi connectivity index (χ0) is 22.4. The molecule has 31 heavy (non-hydrogen) atoms. The zero-order valence-electron chi connectivity index (χ0n) is 18.2. The van der Waals surface area contributed by atoms with Crippen LogP contribution in [0.5, 0.6) is 0 Å². The molecular weight excluding hydrogens is 400 g/mol. The van der Waals surface area contributed by atoms with Crippen LogP contribution in [-0.4, -0.2) is 72.3 Å². The molecule has 3 rings (SSSR count). The van der Waals surface area contributed by atoms with Crippen LogP contribution in [0.15, 0.2) is 30.3 Å². The molecule has 0 spiro atoms. The van der Waals surface area contributed by atoms with E-state index in [-0.39, 0.29) is 24.3 Å². The van der Waals surface area contributed by atoms with E-state index in [2.05, 4.69) is 5.32 Å². The molecule has 8 heteroatoms. The van der Waals surface area contributed by atoms with E-state index >= 15 is 0 Å². The molecule has 2 aliphatic heterocycles. The van der Waals surface area contributed by atoms with E-state index < -0.39 is 30.1 Å². The number of carbonyl (C=O) groups is 3. The first-order chi connectivity index (χ1) is 14.9. The van der Waals surface area contributed by atoms with Crippen molar-refractivity contribution in [3.8, 4) is 0 Å². The Bertz CT molecular complexity index is 771. The fourth-order valence-electron chi connectivity index (χ4n) is 4.47. The van der Waals surface area contributed by atoms with Crippen LogP contribution in [0.3, 0.4) is 0 Å². The van der Waals surface area contributed by atoms with Crippen LogP contribution in [0.1, 0.15) is 32.3 Å². The fraction of sp³-hybridized carbons (Fsp3) is 0.609.